The van der Waals surface area contributed by atoms with Gasteiger partial charge >= 0.3 is 5.97 Å². The molecule has 0 amide bonds. The van der Waals surface area contributed by atoms with Crippen LogP contribution in [-0.4, -0.2) is 31.1 Å². The summed E-state index contributed by atoms with van der Waals surface area (Å²) in [6, 6.07) is 13.2. The van der Waals surface area contributed by atoms with Gasteiger partial charge in [-0.2, -0.15) is 0 Å². The van der Waals surface area contributed by atoms with Crippen molar-refractivity contribution in [2.45, 2.75) is 6.54 Å². The summed E-state index contributed by atoms with van der Waals surface area (Å²) in [5.41, 5.74) is 2.96. The van der Waals surface area contributed by atoms with E-state index in [4.69, 9.17) is 5.11 Å². The van der Waals surface area contributed by atoms with Crippen molar-refractivity contribution in [3.63, 3.8) is 0 Å². The minimum atomic E-state index is -0.963. The molecule has 6 nitrogen and oxygen atoms in total. The Hall–Kier alpha value is -3.02. The first-order chi connectivity index (χ1) is 10.3. The molecule has 21 heavy (non-hydrogen) atoms. The smallest absolute Gasteiger partial charge is 0.325 e. The molecule has 1 N–H and O–H groups in total. The second-order valence-electron chi connectivity index (χ2n) is 4.45. The van der Waals surface area contributed by atoms with Crippen LogP contribution in [0.5, 0.6) is 0 Å². The summed E-state index contributed by atoms with van der Waals surface area (Å²) in [6.07, 6.45) is 3.36. The van der Waals surface area contributed by atoms with E-state index in [2.05, 4.69) is 15.3 Å². The number of aliphatic carboxylic acids is 1. The average molecular weight is 280 g/mol. The molecule has 2 heterocycles. The monoisotopic (exact) mass is 280 g/mol. The van der Waals surface area contributed by atoms with Crippen molar-refractivity contribution in [3.05, 3.63) is 54.9 Å². The number of carbonyl (C=O) groups is 1. The second kappa shape index (κ2) is 5.54. The Morgan fingerprint density at radius 3 is 2.52 bits per heavy atom. The number of hydrogen-bond acceptors (Lipinski definition) is 4. The summed E-state index contributed by atoms with van der Waals surface area (Å²) in [4.78, 5) is 15.1. The lowest BCUT2D eigenvalue weighted by molar-refractivity contribution is -0.137. The van der Waals surface area contributed by atoms with E-state index in [0.29, 0.717) is 11.4 Å². The molecule has 0 aliphatic rings. The van der Waals surface area contributed by atoms with E-state index in [-0.39, 0.29) is 6.54 Å². The molecule has 104 valence electrons. The van der Waals surface area contributed by atoms with Crippen LogP contribution in [0.4, 0.5) is 0 Å². The minimum absolute atomic E-state index is 0.239. The minimum Gasteiger partial charge on any atom is -0.480 e. The number of nitrogens with zero attached hydrogens (tertiary/aromatic N) is 4. The predicted molar refractivity (Wildman–Crippen MR) is 76.3 cm³/mol. The highest BCUT2D eigenvalue weighted by Gasteiger charge is 2.18. The van der Waals surface area contributed by atoms with Gasteiger partial charge in [-0.25, -0.2) is 4.68 Å². The van der Waals surface area contributed by atoms with E-state index >= 15 is 0 Å². The predicted octanol–water partition coefficient (Wildman–Crippen LogP) is 2.09. The molecule has 0 fully saturated rings. The van der Waals surface area contributed by atoms with Crippen molar-refractivity contribution in [1.29, 1.82) is 0 Å². The van der Waals surface area contributed by atoms with E-state index in [1.807, 2.05) is 36.4 Å². The van der Waals surface area contributed by atoms with Gasteiger partial charge in [0.25, 0.3) is 0 Å². The van der Waals surface area contributed by atoms with Crippen LogP contribution in [0, 0.1) is 0 Å². The molecule has 1 aromatic carbocycles. The van der Waals surface area contributed by atoms with Crippen LogP contribution >= 0.6 is 0 Å². The number of benzene rings is 1. The summed E-state index contributed by atoms with van der Waals surface area (Å²) >= 11 is 0. The number of pyridine rings is 1. The molecule has 6 heteroatoms. The van der Waals surface area contributed by atoms with Gasteiger partial charge in [0, 0.05) is 23.5 Å². The Morgan fingerprint density at radius 2 is 1.86 bits per heavy atom. The Bertz CT molecular complexity index is 754. The van der Waals surface area contributed by atoms with Crippen LogP contribution in [0.25, 0.3) is 22.5 Å². The van der Waals surface area contributed by atoms with Gasteiger partial charge < -0.3 is 5.11 Å². The molecular formula is C15H12N4O2. The lowest BCUT2D eigenvalue weighted by Gasteiger charge is -2.06. The first-order valence-electron chi connectivity index (χ1n) is 6.37. The Morgan fingerprint density at radius 1 is 1.10 bits per heavy atom. The van der Waals surface area contributed by atoms with Crippen molar-refractivity contribution < 1.29 is 9.90 Å². The second-order valence-corrected chi connectivity index (χ2v) is 4.45. The first-order valence-corrected chi connectivity index (χ1v) is 6.37. The van der Waals surface area contributed by atoms with Crippen LogP contribution < -0.4 is 0 Å². The SMILES string of the molecule is O=C(O)Cn1nnc(-c2cccnc2)c1-c1ccccc1. The van der Waals surface area contributed by atoms with Crippen molar-refractivity contribution in [2.24, 2.45) is 0 Å². The molecule has 0 aliphatic heterocycles. The molecule has 0 aliphatic carbocycles. The quantitative estimate of drug-likeness (QED) is 0.791. The van der Waals surface area contributed by atoms with E-state index in [9.17, 15) is 4.79 Å². The molecule has 3 rings (SSSR count). The molecule has 0 radical (unpaired) electrons. The summed E-state index contributed by atoms with van der Waals surface area (Å²) < 4.78 is 1.39. The highest BCUT2D eigenvalue weighted by Crippen LogP contribution is 2.29. The third-order valence-electron chi connectivity index (χ3n) is 3.00. The first kappa shape index (κ1) is 13.0. The normalized spacial score (nSPS) is 10.5. The topological polar surface area (TPSA) is 80.9 Å². The maximum absolute atomic E-state index is 11.0. The fourth-order valence-corrected chi connectivity index (χ4v) is 2.13. The molecule has 0 atom stereocenters. The average Bonchev–Trinajstić information content (AvgIpc) is 2.92. The molecule has 2 aromatic heterocycles. The van der Waals surface area contributed by atoms with Gasteiger partial charge in [-0.1, -0.05) is 35.5 Å². The van der Waals surface area contributed by atoms with Gasteiger partial charge in [0.1, 0.15) is 12.2 Å². The Balaban J connectivity index is 2.18. The standard InChI is InChI=1S/C15H12N4O2/c20-13(21)10-19-15(11-5-2-1-3-6-11)14(17-18-19)12-7-4-8-16-9-12/h1-9H,10H2,(H,20,21). The van der Waals surface area contributed by atoms with E-state index in [1.54, 1.807) is 18.5 Å². The molecule has 3 aromatic rings. The zero-order chi connectivity index (χ0) is 14.7. The summed E-state index contributed by atoms with van der Waals surface area (Å²) in [7, 11) is 0. The molecule has 0 spiro atoms. The number of aromatic nitrogens is 4. The van der Waals surface area contributed by atoms with Crippen molar-refractivity contribution in [3.8, 4) is 22.5 Å². The number of carboxylic acids is 1. The number of hydrogen-bond donors (Lipinski definition) is 1. The Labute approximate surface area is 120 Å². The summed E-state index contributed by atoms with van der Waals surface area (Å²) in [5.74, 6) is -0.963. The van der Waals surface area contributed by atoms with Gasteiger partial charge in [0.2, 0.25) is 0 Å². The van der Waals surface area contributed by atoms with Gasteiger partial charge in [0.15, 0.2) is 0 Å². The van der Waals surface area contributed by atoms with Gasteiger partial charge in [-0.3, -0.25) is 9.78 Å². The van der Waals surface area contributed by atoms with E-state index in [1.165, 1.54) is 4.68 Å². The van der Waals surface area contributed by atoms with Crippen LogP contribution in [0.3, 0.4) is 0 Å². The lowest BCUT2D eigenvalue weighted by Crippen LogP contribution is -2.11. The van der Waals surface area contributed by atoms with Crippen LogP contribution in [0.15, 0.2) is 54.9 Å². The van der Waals surface area contributed by atoms with Gasteiger partial charge in [-0.05, 0) is 12.1 Å². The third-order valence-corrected chi connectivity index (χ3v) is 3.00. The fourth-order valence-electron chi connectivity index (χ4n) is 2.13. The largest absolute Gasteiger partial charge is 0.480 e. The number of rotatable bonds is 4. The maximum atomic E-state index is 11.0. The molecule has 0 saturated carbocycles. The maximum Gasteiger partial charge on any atom is 0.325 e. The molecule has 0 unspecified atom stereocenters. The fraction of sp³-hybridized carbons (Fsp3) is 0.0667. The van der Waals surface area contributed by atoms with Crippen LogP contribution in [0.2, 0.25) is 0 Å². The highest BCUT2D eigenvalue weighted by atomic mass is 16.4. The zero-order valence-corrected chi connectivity index (χ0v) is 11.0. The summed E-state index contributed by atoms with van der Waals surface area (Å²) in [5, 5.41) is 17.1. The molecular weight excluding hydrogens is 268 g/mol. The van der Waals surface area contributed by atoms with E-state index < -0.39 is 5.97 Å². The number of carboxylic acid groups (broad SMARTS) is 1. The highest BCUT2D eigenvalue weighted by molar-refractivity contribution is 5.78. The van der Waals surface area contributed by atoms with Crippen molar-refractivity contribution in [2.75, 3.05) is 0 Å². The van der Waals surface area contributed by atoms with Crippen molar-refractivity contribution in [1.82, 2.24) is 20.0 Å². The summed E-state index contributed by atoms with van der Waals surface area (Å²) in [6.45, 7) is -0.239. The zero-order valence-electron chi connectivity index (χ0n) is 11.0. The molecule has 0 saturated heterocycles. The van der Waals surface area contributed by atoms with E-state index in [0.717, 1.165) is 11.1 Å². The lowest BCUT2D eigenvalue weighted by atomic mass is 10.1. The third kappa shape index (κ3) is 2.64. The van der Waals surface area contributed by atoms with Crippen LogP contribution in [0.1, 0.15) is 0 Å². The molecule has 0 bridgehead atoms. The van der Waals surface area contributed by atoms with Crippen molar-refractivity contribution >= 4 is 5.97 Å². The van der Waals surface area contributed by atoms with Gasteiger partial charge in [-0.15, -0.1) is 5.10 Å². The Kier molecular flexibility index (Phi) is 3.42. The van der Waals surface area contributed by atoms with Crippen LogP contribution in [-0.2, 0) is 11.3 Å². The van der Waals surface area contributed by atoms with Gasteiger partial charge in [0.05, 0.1) is 5.69 Å².